The van der Waals surface area contributed by atoms with Crippen LogP contribution in [0.4, 0.5) is 13.2 Å². The number of likely N-dealkylation sites (tertiary alicyclic amines) is 1. The van der Waals surface area contributed by atoms with E-state index in [-0.39, 0.29) is 28.9 Å². The zero-order chi connectivity index (χ0) is 22.4. The van der Waals surface area contributed by atoms with Gasteiger partial charge in [-0.25, -0.2) is 13.2 Å². The molecule has 31 heavy (non-hydrogen) atoms. The summed E-state index contributed by atoms with van der Waals surface area (Å²) >= 11 is 0. The highest BCUT2D eigenvalue weighted by atomic mass is 19.1. The predicted molar refractivity (Wildman–Crippen MR) is 109 cm³/mol. The molecule has 1 saturated heterocycles. The van der Waals surface area contributed by atoms with Gasteiger partial charge in [0, 0.05) is 36.4 Å². The molecule has 9 heteroatoms. The number of alkyl halides is 1. The Morgan fingerprint density at radius 2 is 2.19 bits per heavy atom. The molecule has 0 N–H and O–H groups in total. The summed E-state index contributed by atoms with van der Waals surface area (Å²) in [6.07, 6.45) is 7.26. The van der Waals surface area contributed by atoms with Gasteiger partial charge in [-0.1, -0.05) is 24.2 Å². The number of carbonyl (C=O) groups is 1. The molecule has 1 amide bonds. The number of hydrogen-bond acceptors (Lipinski definition) is 5. The second-order valence-corrected chi connectivity index (χ2v) is 7.36. The Morgan fingerprint density at radius 3 is 2.94 bits per heavy atom. The topological polar surface area (TPSA) is 72.1 Å². The van der Waals surface area contributed by atoms with Crippen LogP contribution < -0.4 is 0 Å². The zero-order valence-electron chi connectivity index (χ0n) is 17.2. The molecule has 0 unspecified atom stereocenters. The first-order valence-corrected chi connectivity index (χ1v) is 9.91. The van der Waals surface area contributed by atoms with Crippen LogP contribution in [0.25, 0.3) is 11.5 Å². The van der Waals surface area contributed by atoms with E-state index in [0.717, 1.165) is 31.5 Å². The maximum Gasteiger partial charge on any atom is 0.261 e. The second-order valence-electron chi connectivity index (χ2n) is 7.36. The Labute approximate surface area is 178 Å². The lowest BCUT2D eigenvalue weighted by molar-refractivity contribution is -0.127. The molecule has 3 rings (SSSR count). The molecule has 0 saturated carbocycles. The van der Waals surface area contributed by atoms with Gasteiger partial charge in [0.25, 0.3) is 5.89 Å². The van der Waals surface area contributed by atoms with Crippen molar-refractivity contribution in [1.29, 1.82) is 0 Å². The summed E-state index contributed by atoms with van der Waals surface area (Å²) in [7, 11) is 0. The fourth-order valence-corrected chi connectivity index (χ4v) is 3.30. The average molecular weight is 432 g/mol. The van der Waals surface area contributed by atoms with E-state index >= 15 is 0 Å². The molecule has 3 heterocycles. The first kappa shape index (κ1) is 22.5. The summed E-state index contributed by atoms with van der Waals surface area (Å²) in [4.78, 5) is 22.5. The van der Waals surface area contributed by atoms with Gasteiger partial charge >= 0.3 is 0 Å². The number of pyridine rings is 1. The quantitative estimate of drug-likeness (QED) is 0.489. The monoisotopic (exact) mass is 432 g/mol. The first-order valence-electron chi connectivity index (χ1n) is 9.91. The Morgan fingerprint density at radius 1 is 1.39 bits per heavy atom. The van der Waals surface area contributed by atoms with Crippen molar-refractivity contribution >= 4 is 5.91 Å². The van der Waals surface area contributed by atoms with Crippen LogP contribution in [0.3, 0.4) is 0 Å². The number of allylic oxidation sites excluding steroid dienone is 4. The molecular formula is C22H23F3N4O2. The maximum absolute atomic E-state index is 13.9. The van der Waals surface area contributed by atoms with Crippen LogP contribution in [0.2, 0.25) is 0 Å². The van der Waals surface area contributed by atoms with Gasteiger partial charge in [-0.2, -0.15) is 4.98 Å². The molecule has 1 aliphatic rings. The van der Waals surface area contributed by atoms with E-state index in [2.05, 4.69) is 21.7 Å². The van der Waals surface area contributed by atoms with E-state index < -0.39 is 18.3 Å². The minimum absolute atomic E-state index is 0.0572. The standard InChI is InChI=1S/C22H23F3N4O2/c1-14(6-7-18(24)15(2)11-23)22(30)29-10-4-3-5-16(13-29)20-27-21(31-28-20)17-8-9-26-12-19(17)25/h6-9,12,16H,2-5,10-11,13H2,1H3/b14-6+,18-7+/t16-/m0/s1. The minimum atomic E-state index is -0.993. The highest BCUT2D eigenvalue weighted by Crippen LogP contribution is 2.28. The Bertz CT molecular complexity index is 1020. The van der Waals surface area contributed by atoms with E-state index in [1.165, 1.54) is 18.3 Å². The van der Waals surface area contributed by atoms with Crippen molar-refractivity contribution < 1.29 is 22.5 Å². The van der Waals surface area contributed by atoms with Crippen LogP contribution in [0.5, 0.6) is 0 Å². The van der Waals surface area contributed by atoms with Gasteiger partial charge in [0.05, 0.1) is 11.8 Å². The SMILES string of the molecule is C=C(CF)/C(F)=C\C=C(/C)C(=O)N1CCCC[C@H](c2noc(-c3ccncc3F)n2)C1. The number of rotatable bonds is 6. The zero-order valence-corrected chi connectivity index (χ0v) is 17.2. The van der Waals surface area contributed by atoms with Crippen LogP contribution in [-0.4, -0.2) is 45.7 Å². The first-order chi connectivity index (χ1) is 14.9. The lowest BCUT2D eigenvalue weighted by Gasteiger charge is -2.23. The third kappa shape index (κ3) is 5.48. The summed E-state index contributed by atoms with van der Waals surface area (Å²) in [6.45, 7) is 4.75. The van der Waals surface area contributed by atoms with Crippen molar-refractivity contribution in [3.05, 3.63) is 65.8 Å². The highest BCUT2D eigenvalue weighted by molar-refractivity contribution is 5.93. The highest BCUT2D eigenvalue weighted by Gasteiger charge is 2.27. The molecule has 1 aliphatic heterocycles. The summed E-state index contributed by atoms with van der Waals surface area (Å²) in [6, 6.07) is 1.45. The van der Waals surface area contributed by atoms with Crippen LogP contribution in [0.15, 0.2) is 58.7 Å². The van der Waals surface area contributed by atoms with E-state index in [1.54, 1.807) is 11.8 Å². The van der Waals surface area contributed by atoms with Crippen molar-refractivity contribution in [2.45, 2.75) is 32.1 Å². The number of nitrogens with zero attached hydrogens (tertiary/aromatic N) is 4. The maximum atomic E-state index is 13.9. The molecular weight excluding hydrogens is 409 g/mol. The van der Waals surface area contributed by atoms with Gasteiger partial charge in [-0.05, 0) is 31.9 Å². The van der Waals surface area contributed by atoms with Gasteiger partial charge in [0.2, 0.25) is 5.91 Å². The van der Waals surface area contributed by atoms with Crippen LogP contribution in [0, 0.1) is 5.82 Å². The summed E-state index contributed by atoms with van der Waals surface area (Å²) in [5.41, 5.74) is 0.206. The molecule has 0 aliphatic carbocycles. The lowest BCUT2D eigenvalue weighted by Crippen LogP contribution is -2.34. The van der Waals surface area contributed by atoms with Crippen LogP contribution in [0.1, 0.15) is 37.9 Å². The van der Waals surface area contributed by atoms with E-state index in [1.807, 2.05) is 0 Å². The number of hydrogen-bond donors (Lipinski definition) is 0. The van der Waals surface area contributed by atoms with Gasteiger partial charge in [0.1, 0.15) is 12.5 Å². The molecule has 1 fully saturated rings. The van der Waals surface area contributed by atoms with Crippen LogP contribution >= 0.6 is 0 Å². The van der Waals surface area contributed by atoms with Crippen molar-refractivity contribution in [3.63, 3.8) is 0 Å². The summed E-state index contributed by atoms with van der Waals surface area (Å²) in [5, 5.41) is 4.00. The average Bonchev–Trinajstić information content (AvgIpc) is 3.13. The molecule has 2 aromatic heterocycles. The van der Waals surface area contributed by atoms with Crippen molar-refractivity contribution in [2.24, 2.45) is 0 Å². The molecule has 0 aromatic carbocycles. The smallest absolute Gasteiger partial charge is 0.261 e. The predicted octanol–water partition coefficient (Wildman–Crippen LogP) is 4.69. The molecule has 0 spiro atoms. The normalized spacial score (nSPS) is 18.1. The van der Waals surface area contributed by atoms with Crippen LogP contribution in [-0.2, 0) is 4.79 Å². The van der Waals surface area contributed by atoms with Crippen molar-refractivity contribution in [1.82, 2.24) is 20.0 Å². The number of amides is 1. The fourth-order valence-electron chi connectivity index (χ4n) is 3.30. The molecule has 164 valence electrons. The largest absolute Gasteiger partial charge is 0.338 e. The number of aromatic nitrogens is 3. The van der Waals surface area contributed by atoms with Crippen molar-refractivity contribution in [3.8, 4) is 11.5 Å². The number of carbonyl (C=O) groups excluding carboxylic acids is 1. The summed E-state index contributed by atoms with van der Waals surface area (Å²) in [5.74, 6) is -1.34. The Hall–Kier alpha value is -3.23. The van der Waals surface area contributed by atoms with Gasteiger partial charge in [-0.3, -0.25) is 9.78 Å². The molecule has 0 radical (unpaired) electrons. The second kappa shape index (κ2) is 10.2. The van der Waals surface area contributed by atoms with E-state index in [0.29, 0.717) is 24.5 Å². The third-order valence-electron chi connectivity index (χ3n) is 5.08. The Balaban J connectivity index is 1.75. The molecule has 2 aromatic rings. The van der Waals surface area contributed by atoms with Gasteiger partial charge in [0.15, 0.2) is 11.6 Å². The molecule has 1 atom stereocenters. The number of halogens is 3. The van der Waals surface area contributed by atoms with Gasteiger partial charge in [-0.15, -0.1) is 0 Å². The van der Waals surface area contributed by atoms with Gasteiger partial charge < -0.3 is 9.42 Å². The van der Waals surface area contributed by atoms with E-state index in [9.17, 15) is 18.0 Å². The Kier molecular flexibility index (Phi) is 7.38. The summed E-state index contributed by atoms with van der Waals surface area (Å²) < 4.78 is 45.3. The minimum Gasteiger partial charge on any atom is -0.338 e. The van der Waals surface area contributed by atoms with E-state index in [4.69, 9.17) is 4.52 Å². The third-order valence-corrected chi connectivity index (χ3v) is 5.08. The molecule has 0 bridgehead atoms. The van der Waals surface area contributed by atoms with Crippen molar-refractivity contribution in [2.75, 3.05) is 19.8 Å². The fraction of sp³-hybridized carbons (Fsp3) is 0.364. The molecule has 6 nitrogen and oxygen atoms in total. The lowest BCUT2D eigenvalue weighted by atomic mass is 10.0.